The highest BCUT2D eigenvalue weighted by atomic mass is 79.9. The summed E-state index contributed by atoms with van der Waals surface area (Å²) >= 11 is 3.44. The van der Waals surface area contributed by atoms with Crippen LogP contribution in [0.4, 0.5) is 0 Å². The van der Waals surface area contributed by atoms with E-state index in [-0.39, 0.29) is 0 Å². The summed E-state index contributed by atoms with van der Waals surface area (Å²) in [5.41, 5.74) is 1.30. The van der Waals surface area contributed by atoms with Gasteiger partial charge in [-0.3, -0.25) is 4.90 Å². The van der Waals surface area contributed by atoms with E-state index in [1.54, 1.807) is 6.07 Å². The Balaban J connectivity index is 2.17. The summed E-state index contributed by atoms with van der Waals surface area (Å²) in [5.74, 6) is 1.04. The molecule has 0 radical (unpaired) electrons. The van der Waals surface area contributed by atoms with Crippen molar-refractivity contribution in [3.8, 4) is 5.75 Å². The zero-order valence-corrected chi connectivity index (χ0v) is 14.0. The van der Waals surface area contributed by atoms with Gasteiger partial charge < -0.3 is 10.4 Å². The van der Waals surface area contributed by atoms with Gasteiger partial charge in [0.15, 0.2) is 0 Å². The lowest BCUT2D eigenvalue weighted by Crippen LogP contribution is -2.45. The molecule has 0 bridgehead atoms. The number of piperazine rings is 1. The standard InChI is InChI=1S/C16H25BrN2O/c1-12(2)3-5-15(19-9-7-18-8-10-19)13-4-6-16(20)14(17)11-13/h4,6,11-12,15,18,20H,3,5,7-10H2,1-2H3/t15-/m0/s1. The molecule has 1 aromatic carbocycles. The van der Waals surface area contributed by atoms with E-state index in [0.29, 0.717) is 11.8 Å². The van der Waals surface area contributed by atoms with E-state index in [1.807, 2.05) is 0 Å². The summed E-state index contributed by atoms with van der Waals surface area (Å²) < 4.78 is 0.791. The normalized spacial score (nSPS) is 18.4. The molecule has 112 valence electrons. The maximum atomic E-state index is 9.68. The Hall–Kier alpha value is -0.580. The molecule has 4 heteroatoms. The van der Waals surface area contributed by atoms with Crippen molar-refractivity contribution in [2.45, 2.75) is 32.7 Å². The minimum Gasteiger partial charge on any atom is -0.507 e. The van der Waals surface area contributed by atoms with Crippen molar-refractivity contribution in [3.05, 3.63) is 28.2 Å². The number of rotatable bonds is 5. The minimum absolute atomic E-state index is 0.316. The van der Waals surface area contributed by atoms with Crippen molar-refractivity contribution in [2.24, 2.45) is 5.92 Å². The van der Waals surface area contributed by atoms with Gasteiger partial charge in [0.2, 0.25) is 0 Å². The summed E-state index contributed by atoms with van der Waals surface area (Å²) in [7, 11) is 0. The molecular formula is C16H25BrN2O. The number of nitrogens with one attached hydrogen (secondary N) is 1. The molecule has 3 nitrogen and oxygen atoms in total. The van der Waals surface area contributed by atoms with Crippen molar-refractivity contribution in [3.63, 3.8) is 0 Å². The highest BCUT2D eigenvalue weighted by molar-refractivity contribution is 9.10. The monoisotopic (exact) mass is 340 g/mol. The average molecular weight is 341 g/mol. The second kappa shape index (κ2) is 7.43. The van der Waals surface area contributed by atoms with Crippen molar-refractivity contribution in [1.29, 1.82) is 0 Å². The number of hydrogen-bond acceptors (Lipinski definition) is 3. The van der Waals surface area contributed by atoms with Crippen LogP contribution < -0.4 is 5.32 Å². The van der Waals surface area contributed by atoms with Gasteiger partial charge in [0, 0.05) is 32.2 Å². The summed E-state index contributed by atoms with van der Waals surface area (Å²) in [6.45, 7) is 8.89. The van der Waals surface area contributed by atoms with Crippen LogP contribution in [0.3, 0.4) is 0 Å². The number of phenols is 1. The van der Waals surface area contributed by atoms with E-state index in [9.17, 15) is 5.11 Å². The lowest BCUT2D eigenvalue weighted by molar-refractivity contribution is 0.159. The maximum Gasteiger partial charge on any atom is 0.129 e. The molecule has 0 spiro atoms. The van der Waals surface area contributed by atoms with Crippen LogP contribution in [0.5, 0.6) is 5.75 Å². The van der Waals surface area contributed by atoms with E-state index < -0.39 is 0 Å². The summed E-state index contributed by atoms with van der Waals surface area (Å²) in [6.07, 6.45) is 2.40. The second-order valence-electron chi connectivity index (χ2n) is 5.98. The summed E-state index contributed by atoms with van der Waals surface area (Å²) in [6, 6.07) is 6.39. The molecule has 1 aliphatic heterocycles. The topological polar surface area (TPSA) is 35.5 Å². The molecule has 1 atom stereocenters. The van der Waals surface area contributed by atoms with Gasteiger partial charge in [-0.1, -0.05) is 19.9 Å². The summed E-state index contributed by atoms with van der Waals surface area (Å²) in [5, 5.41) is 13.1. The van der Waals surface area contributed by atoms with Crippen molar-refractivity contribution >= 4 is 15.9 Å². The van der Waals surface area contributed by atoms with Gasteiger partial charge >= 0.3 is 0 Å². The molecule has 0 saturated carbocycles. The highest BCUT2D eigenvalue weighted by Crippen LogP contribution is 2.32. The smallest absolute Gasteiger partial charge is 0.129 e. The molecule has 1 aliphatic rings. The fourth-order valence-electron chi connectivity index (χ4n) is 2.78. The molecule has 1 aromatic rings. The molecule has 20 heavy (non-hydrogen) atoms. The number of benzene rings is 1. The van der Waals surface area contributed by atoms with Crippen LogP contribution in [0, 0.1) is 5.92 Å². The quantitative estimate of drug-likeness (QED) is 0.860. The molecule has 2 rings (SSSR count). The van der Waals surface area contributed by atoms with Crippen LogP contribution in [0.1, 0.15) is 38.3 Å². The molecule has 1 saturated heterocycles. The van der Waals surface area contributed by atoms with Crippen LogP contribution in [-0.4, -0.2) is 36.2 Å². The van der Waals surface area contributed by atoms with Crippen molar-refractivity contribution in [2.75, 3.05) is 26.2 Å². The first-order valence-electron chi connectivity index (χ1n) is 7.51. The lowest BCUT2D eigenvalue weighted by atomic mass is 9.95. The zero-order valence-electron chi connectivity index (χ0n) is 12.4. The highest BCUT2D eigenvalue weighted by Gasteiger charge is 2.22. The average Bonchev–Trinajstić information content (AvgIpc) is 2.44. The molecule has 0 aliphatic carbocycles. The Morgan fingerprint density at radius 1 is 1.25 bits per heavy atom. The van der Waals surface area contributed by atoms with Gasteiger partial charge in [-0.15, -0.1) is 0 Å². The zero-order chi connectivity index (χ0) is 14.5. The Bertz CT molecular complexity index is 430. The second-order valence-corrected chi connectivity index (χ2v) is 6.84. The molecular weight excluding hydrogens is 316 g/mol. The molecule has 1 fully saturated rings. The molecule has 0 amide bonds. The van der Waals surface area contributed by atoms with E-state index in [4.69, 9.17) is 0 Å². The Morgan fingerprint density at radius 2 is 1.95 bits per heavy atom. The van der Waals surface area contributed by atoms with Gasteiger partial charge in [0.25, 0.3) is 0 Å². The summed E-state index contributed by atoms with van der Waals surface area (Å²) in [4.78, 5) is 2.57. The predicted octanol–water partition coefficient (Wildman–Crippen LogP) is 3.54. The Kier molecular flexibility index (Phi) is 5.87. The number of nitrogens with zero attached hydrogens (tertiary/aromatic N) is 1. The van der Waals surface area contributed by atoms with E-state index in [0.717, 1.165) is 36.6 Å². The molecule has 0 unspecified atom stereocenters. The van der Waals surface area contributed by atoms with Crippen LogP contribution in [0.2, 0.25) is 0 Å². The van der Waals surface area contributed by atoms with E-state index in [2.05, 4.69) is 52.1 Å². The first-order chi connectivity index (χ1) is 9.58. The number of aromatic hydroxyl groups is 1. The van der Waals surface area contributed by atoms with Gasteiger partial charge in [0.05, 0.1) is 4.47 Å². The molecule has 1 heterocycles. The van der Waals surface area contributed by atoms with Gasteiger partial charge in [-0.25, -0.2) is 0 Å². The first kappa shape index (κ1) is 15.8. The van der Waals surface area contributed by atoms with Gasteiger partial charge in [0.1, 0.15) is 5.75 Å². The van der Waals surface area contributed by atoms with Crippen molar-refractivity contribution in [1.82, 2.24) is 10.2 Å². The minimum atomic E-state index is 0.316. The van der Waals surface area contributed by atoms with Crippen LogP contribution >= 0.6 is 15.9 Å². The fraction of sp³-hybridized carbons (Fsp3) is 0.625. The van der Waals surface area contributed by atoms with Crippen LogP contribution in [-0.2, 0) is 0 Å². The third-order valence-electron chi connectivity index (χ3n) is 3.97. The largest absolute Gasteiger partial charge is 0.507 e. The number of hydrogen-bond donors (Lipinski definition) is 2. The number of halogens is 1. The van der Waals surface area contributed by atoms with Gasteiger partial charge in [-0.05, 0) is 52.4 Å². The Labute approximate surface area is 130 Å². The maximum absolute atomic E-state index is 9.68. The fourth-order valence-corrected chi connectivity index (χ4v) is 3.17. The van der Waals surface area contributed by atoms with E-state index >= 15 is 0 Å². The SMILES string of the molecule is CC(C)CC[C@@H](c1ccc(O)c(Br)c1)N1CCNCC1. The van der Waals surface area contributed by atoms with Crippen LogP contribution in [0.15, 0.2) is 22.7 Å². The predicted molar refractivity (Wildman–Crippen MR) is 87.1 cm³/mol. The third kappa shape index (κ3) is 4.21. The lowest BCUT2D eigenvalue weighted by Gasteiger charge is -2.35. The Morgan fingerprint density at radius 3 is 2.55 bits per heavy atom. The number of phenolic OH excluding ortho intramolecular Hbond substituents is 1. The first-order valence-corrected chi connectivity index (χ1v) is 8.30. The van der Waals surface area contributed by atoms with Gasteiger partial charge in [-0.2, -0.15) is 0 Å². The third-order valence-corrected chi connectivity index (χ3v) is 4.60. The van der Waals surface area contributed by atoms with E-state index in [1.165, 1.54) is 18.4 Å². The molecule has 0 aromatic heterocycles. The van der Waals surface area contributed by atoms with Crippen LogP contribution in [0.25, 0.3) is 0 Å². The van der Waals surface area contributed by atoms with Crippen molar-refractivity contribution < 1.29 is 5.11 Å². The molecule has 2 N–H and O–H groups in total.